The van der Waals surface area contributed by atoms with Crippen molar-refractivity contribution in [1.29, 1.82) is 0 Å². The summed E-state index contributed by atoms with van der Waals surface area (Å²) < 4.78 is 20.8. The molecule has 0 atom stereocenters. The van der Waals surface area contributed by atoms with E-state index in [-0.39, 0.29) is 23.8 Å². The maximum atomic E-state index is 15.2. The lowest BCUT2D eigenvalue weighted by Crippen LogP contribution is -2.29. The van der Waals surface area contributed by atoms with Crippen LogP contribution in [0.4, 0.5) is 10.1 Å². The molecule has 2 aliphatic heterocycles. The summed E-state index contributed by atoms with van der Waals surface area (Å²) in [6.07, 6.45) is 3.28. The van der Waals surface area contributed by atoms with E-state index in [9.17, 15) is 14.7 Å². The highest BCUT2D eigenvalue weighted by atomic mass is 35.5. The number of aromatic nitrogens is 1. The number of fused-ring (bicyclic) bond motifs is 2. The molecule has 180 valence electrons. The van der Waals surface area contributed by atoms with Gasteiger partial charge in [0.15, 0.2) is 11.6 Å². The molecule has 0 radical (unpaired) electrons. The van der Waals surface area contributed by atoms with Gasteiger partial charge in [-0.3, -0.25) is 14.6 Å². The number of ether oxygens (including phenoxy) is 1. The van der Waals surface area contributed by atoms with Crippen LogP contribution in [0.25, 0.3) is 11.1 Å². The molecule has 8 heteroatoms. The van der Waals surface area contributed by atoms with E-state index in [1.54, 1.807) is 11.0 Å². The molecule has 1 aromatic heterocycles. The molecular formula is C27H24ClFN2O4. The van der Waals surface area contributed by atoms with Gasteiger partial charge in [-0.25, -0.2) is 4.39 Å². The third-order valence-corrected chi connectivity index (χ3v) is 7.07. The van der Waals surface area contributed by atoms with E-state index < -0.39 is 11.8 Å². The molecule has 35 heavy (non-hydrogen) atoms. The van der Waals surface area contributed by atoms with Gasteiger partial charge in [0, 0.05) is 29.0 Å². The molecule has 0 aliphatic carbocycles. The lowest BCUT2D eigenvalue weighted by molar-refractivity contribution is -0.136. The number of aryl methyl sites for hydroxylation is 1. The largest absolute Gasteiger partial charge is 0.490 e. The SMILES string of the molecule is Cc1cc2c(c(-c3cc(F)c4c(c3C)CCCO4)c1CC(=O)O)CCN2C(=O)c1cc(Cl)ccn1. The molecule has 0 spiro atoms. The fraction of sp³-hybridized carbons (Fsp3) is 0.296. The second kappa shape index (κ2) is 8.96. The molecule has 0 bridgehead atoms. The summed E-state index contributed by atoms with van der Waals surface area (Å²) in [6, 6.07) is 6.42. The first-order chi connectivity index (χ1) is 16.8. The van der Waals surface area contributed by atoms with E-state index in [4.69, 9.17) is 16.3 Å². The van der Waals surface area contributed by atoms with Crippen molar-refractivity contribution in [2.45, 2.75) is 39.5 Å². The number of nitrogens with zero attached hydrogens (tertiary/aromatic N) is 2. The average Bonchev–Trinajstić information content (AvgIpc) is 3.24. The molecule has 5 rings (SSSR count). The summed E-state index contributed by atoms with van der Waals surface area (Å²) in [4.78, 5) is 30.9. The number of benzene rings is 2. The van der Waals surface area contributed by atoms with Crippen molar-refractivity contribution in [3.05, 3.63) is 74.8 Å². The molecule has 2 aliphatic rings. The number of hydrogen-bond acceptors (Lipinski definition) is 4. The van der Waals surface area contributed by atoms with E-state index in [0.717, 1.165) is 28.7 Å². The second-order valence-electron chi connectivity index (χ2n) is 8.97. The van der Waals surface area contributed by atoms with Gasteiger partial charge in [-0.2, -0.15) is 0 Å². The van der Waals surface area contributed by atoms with Crippen molar-refractivity contribution in [3.63, 3.8) is 0 Å². The average molecular weight is 495 g/mol. The minimum Gasteiger partial charge on any atom is -0.490 e. The zero-order chi connectivity index (χ0) is 24.9. The van der Waals surface area contributed by atoms with Gasteiger partial charge in [0.05, 0.1) is 13.0 Å². The number of hydrogen-bond donors (Lipinski definition) is 1. The molecule has 0 saturated carbocycles. The van der Waals surface area contributed by atoms with Gasteiger partial charge in [-0.15, -0.1) is 0 Å². The Hall–Kier alpha value is -3.45. The Kier molecular flexibility index (Phi) is 5.97. The number of anilines is 1. The van der Waals surface area contributed by atoms with Crippen LogP contribution >= 0.6 is 11.6 Å². The van der Waals surface area contributed by atoms with Crippen LogP contribution in [0.15, 0.2) is 30.5 Å². The quantitative estimate of drug-likeness (QED) is 0.531. The third kappa shape index (κ3) is 4.04. The highest BCUT2D eigenvalue weighted by Gasteiger charge is 2.33. The van der Waals surface area contributed by atoms with Gasteiger partial charge in [0.1, 0.15) is 5.69 Å². The lowest BCUT2D eigenvalue weighted by atomic mass is 9.84. The van der Waals surface area contributed by atoms with E-state index in [1.807, 2.05) is 19.9 Å². The molecule has 3 aromatic rings. The topological polar surface area (TPSA) is 79.7 Å². The normalized spacial score (nSPS) is 14.3. The van der Waals surface area contributed by atoms with Crippen LogP contribution < -0.4 is 9.64 Å². The molecular weight excluding hydrogens is 471 g/mol. The number of rotatable bonds is 4. The van der Waals surface area contributed by atoms with Crippen molar-refractivity contribution in [1.82, 2.24) is 4.98 Å². The monoisotopic (exact) mass is 494 g/mol. The highest BCUT2D eigenvalue weighted by molar-refractivity contribution is 6.31. The van der Waals surface area contributed by atoms with Crippen molar-refractivity contribution >= 4 is 29.2 Å². The van der Waals surface area contributed by atoms with E-state index in [1.165, 1.54) is 18.3 Å². The van der Waals surface area contributed by atoms with Crippen LogP contribution in [0.2, 0.25) is 5.02 Å². The first-order valence-electron chi connectivity index (χ1n) is 11.5. The summed E-state index contributed by atoms with van der Waals surface area (Å²) in [5, 5.41) is 10.1. The number of aliphatic carboxylic acids is 1. The number of carbonyl (C=O) groups is 2. The lowest BCUT2D eigenvalue weighted by Gasteiger charge is -2.25. The van der Waals surface area contributed by atoms with Crippen LogP contribution in [0.5, 0.6) is 5.75 Å². The number of halogens is 2. The summed E-state index contributed by atoms with van der Waals surface area (Å²) >= 11 is 6.07. The van der Waals surface area contributed by atoms with E-state index in [0.29, 0.717) is 53.4 Å². The summed E-state index contributed by atoms with van der Waals surface area (Å²) in [6.45, 7) is 4.63. The maximum absolute atomic E-state index is 15.2. The number of carboxylic acid groups (broad SMARTS) is 1. The molecule has 0 saturated heterocycles. The first kappa shape index (κ1) is 23.3. The third-order valence-electron chi connectivity index (χ3n) is 6.84. The number of carboxylic acids is 1. The van der Waals surface area contributed by atoms with Gasteiger partial charge >= 0.3 is 5.97 Å². The smallest absolute Gasteiger partial charge is 0.307 e. The number of pyridine rings is 1. The van der Waals surface area contributed by atoms with Crippen LogP contribution in [0.1, 0.15) is 44.7 Å². The van der Waals surface area contributed by atoms with Crippen LogP contribution in [0.3, 0.4) is 0 Å². The predicted octanol–water partition coefficient (Wildman–Crippen LogP) is 5.31. The molecule has 0 fully saturated rings. The fourth-order valence-corrected chi connectivity index (χ4v) is 5.38. The number of amides is 1. The van der Waals surface area contributed by atoms with Crippen molar-refractivity contribution in [2.24, 2.45) is 0 Å². The molecule has 6 nitrogen and oxygen atoms in total. The Bertz CT molecular complexity index is 1390. The first-order valence-corrected chi connectivity index (χ1v) is 11.9. The van der Waals surface area contributed by atoms with Crippen molar-refractivity contribution in [3.8, 4) is 16.9 Å². The molecule has 2 aromatic carbocycles. The molecule has 3 heterocycles. The van der Waals surface area contributed by atoms with Gasteiger partial charge < -0.3 is 14.7 Å². The summed E-state index contributed by atoms with van der Waals surface area (Å²) in [5.74, 6) is -1.43. The zero-order valence-corrected chi connectivity index (χ0v) is 20.2. The van der Waals surface area contributed by atoms with E-state index in [2.05, 4.69) is 4.98 Å². The standard InChI is InChI=1S/C27H24ClFN2O4/c1-14-10-23-18(6-8-31(23)27(34)22-11-16(28)5-7-30-22)25(19(14)13-24(32)33)20-12-21(29)26-17(15(20)2)4-3-9-35-26/h5,7,10-12H,3-4,6,8-9,13H2,1-2H3,(H,32,33). The molecule has 1 N–H and O–H groups in total. The highest BCUT2D eigenvalue weighted by Crippen LogP contribution is 2.45. The summed E-state index contributed by atoms with van der Waals surface area (Å²) in [7, 11) is 0. The molecule has 0 unspecified atom stereocenters. The van der Waals surface area contributed by atoms with Gasteiger partial charge in [-0.1, -0.05) is 11.6 Å². The zero-order valence-electron chi connectivity index (χ0n) is 19.5. The minimum absolute atomic E-state index is 0.202. The van der Waals surface area contributed by atoms with E-state index >= 15 is 4.39 Å². The van der Waals surface area contributed by atoms with Crippen molar-refractivity contribution in [2.75, 3.05) is 18.1 Å². The van der Waals surface area contributed by atoms with Gasteiger partial charge in [-0.05, 0) is 90.8 Å². The van der Waals surface area contributed by atoms with Crippen molar-refractivity contribution < 1.29 is 23.8 Å². The Morgan fingerprint density at radius 2 is 2.00 bits per heavy atom. The molecule has 1 amide bonds. The van der Waals surface area contributed by atoms with Gasteiger partial charge in [0.25, 0.3) is 5.91 Å². The maximum Gasteiger partial charge on any atom is 0.307 e. The second-order valence-corrected chi connectivity index (χ2v) is 9.41. The Balaban J connectivity index is 1.72. The Morgan fingerprint density at radius 3 is 2.74 bits per heavy atom. The Morgan fingerprint density at radius 1 is 1.20 bits per heavy atom. The fourth-order valence-electron chi connectivity index (χ4n) is 5.22. The van der Waals surface area contributed by atoms with Gasteiger partial charge in [0.2, 0.25) is 0 Å². The van der Waals surface area contributed by atoms with Crippen LogP contribution in [0, 0.1) is 19.7 Å². The van der Waals surface area contributed by atoms with Crippen LogP contribution in [-0.4, -0.2) is 35.1 Å². The predicted molar refractivity (Wildman–Crippen MR) is 131 cm³/mol. The van der Waals surface area contributed by atoms with Crippen LogP contribution in [-0.2, 0) is 24.1 Å². The summed E-state index contributed by atoms with van der Waals surface area (Å²) in [5.41, 5.74) is 6.15. The minimum atomic E-state index is -0.970. The number of carbonyl (C=O) groups excluding carboxylic acids is 1. The Labute approximate surface area is 207 Å².